The normalized spacial score (nSPS) is 11.4. The third kappa shape index (κ3) is 6.21. The second kappa shape index (κ2) is 9.50. The van der Waals surface area contributed by atoms with Gasteiger partial charge in [0.05, 0.1) is 18.1 Å². The number of carbonyl (C=O) groups is 2. The molecule has 0 atom stereocenters. The number of fused-ring (bicyclic) bond motifs is 1. The Morgan fingerprint density at radius 2 is 1.94 bits per heavy atom. The highest BCUT2D eigenvalue weighted by molar-refractivity contribution is 5.89. The lowest BCUT2D eigenvalue weighted by atomic mass is 10.2. The molecule has 0 bridgehead atoms. The van der Waals surface area contributed by atoms with Gasteiger partial charge in [0, 0.05) is 18.3 Å². The molecule has 3 rings (SSSR count). The molecule has 0 fully saturated rings. The van der Waals surface area contributed by atoms with Gasteiger partial charge in [0.25, 0.3) is 0 Å². The molecule has 0 saturated heterocycles. The molecule has 0 saturated carbocycles. The summed E-state index contributed by atoms with van der Waals surface area (Å²) in [7, 11) is 0. The van der Waals surface area contributed by atoms with E-state index in [1.165, 1.54) is 12.4 Å². The first-order valence-electron chi connectivity index (χ1n) is 10.2. The molecule has 0 unspecified atom stereocenters. The molecule has 0 aliphatic heterocycles. The van der Waals surface area contributed by atoms with Crippen LogP contribution in [0.15, 0.2) is 30.7 Å². The molecule has 0 aliphatic rings. The van der Waals surface area contributed by atoms with E-state index < -0.39 is 11.7 Å². The number of ether oxygens (including phenoxy) is 1. The van der Waals surface area contributed by atoms with Crippen molar-refractivity contribution >= 4 is 29.1 Å². The minimum Gasteiger partial charge on any atom is -0.442 e. The predicted molar refractivity (Wildman–Crippen MR) is 117 cm³/mol. The molecule has 2 amide bonds. The summed E-state index contributed by atoms with van der Waals surface area (Å²) >= 11 is 0. The Bertz CT molecular complexity index is 1070. The van der Waals surface area contributed by atoms with E-state index in [-0.39, 0.29) is 6.03 Å². The molecule has 0 spiro atoms. The highest BCUT2D eigenvalue weighted by Crippen LogP contribution is 2.19. The summed E-state index contributed by atoms with van der Waals surface area (Å²) < 4.78 is 6.42. The van der Waals surface area contributed by atoms with Gasteiger partial charge in [-0.1, -0.05) is 19.8 Å². The van der Waals surface area contributed by atoms with Crippen LogP contribution in [-0.4, -0.2) is 49.0 Å². The van der Waals surface area contributed by atoms with Crippen LogP contribution in [-0.2, 0) is 4.74 Å². The summed E-state index contributed by atoms with van der Waals surface area (Å²) in [6, 6.07) is 3.09. The van der Waals surface area contributed by atoms with E-state index in [0.29, 0.717) is 34.8 Å². The average molecular weight is 425 g/mol. The molecule has 3 aromatic rings. The van der Waals surface area contributed by atoms with Crippen LogP contribution >= 0.6 is 0 Å². The van der Waals surface area contributed by atoms with Gasteiger partial charge in [0.1, 0.15) is 16.9 Å². The molecule has 164 valence electrons. The van der Waals surface area contributed by atoms with Gasteiger partial charge in [-0.3, -0.25) is 10.3 Å². The van der Waals surface area contributed by atoms with E-state index in [0.717, 1.165) is 23.9 Å². The lowest BCUT2D eigenvalue weighted by Gasteiger charge is -2.18. The van der Waals surface area contributed by atoms with Crippen LogP contribution in [0.1, 0.15) is 47.0 Å². The summed E-state index contributed by atoms with van der Waals surface area (Å²) in [4.78, 5) is 37.4. The zero-order valence-electron chi connectivity index (χ0n) is 18.2. The second-order valence-electron chi connectivity index (χ2n) is 8.04. The standard InChI is InChI=1S/C21H27N7O3/c1-5-6-7-10-22-19(29)27-17-9-8-15-18(26-17)25-16(12-23-15)14-11-24-28(13-14)20(30)31-21(2,3)4/h8-9,11-13H,5-7,10H2,1-4H3,(H2,22,25,26,27,29). The summed E-state index contributed by atoms with van der Waals surface area (Å²) in [5.74, 6) is 0.372. The predicted octanol–water partition coefficient (Wildman–Crippen LogP) is 3.98. The Morgan fingerprint density at radius 3 is 2.68 bits per heavy atom. The lowest BCUT2D eigenvalue weighted by molar-refractivity contribution is 0.0514. The first-order chi connectivity index (χ1) is 14.7. The number of hydrogen-bond acceptors (Lipinski definition) is 7. The van der Waals surface area contributed by atoms with Crippen LogP contribution in [0.5, 0.6) is 0 Å². The van der Waals surface area contributed by atoms with Gasteiger partial charge in [0.2, 0.25) is 0 Å². The number of anilines is 1. The third-order valence-electron chi connectivity index (χ3n) is 4.17. The zero-order valence-corrected chi connectivity index (χ0v) is 18.2. The maximum absolute atomic E-state index is 12.2. The second-order valence-corrected chi connectivity index (χ2v) is 8.04. The van der Waals surface area contributed by atoms with Crippen molar-refractivity contribution in [2.75, 3.05) is 11.9 Å². The number of pyridine rings is 1. The fourth-order valence-corrected chi connectivity index (χ4v) is 2.71. The first-order valence-corrected chi connectivity index (χ1v) is 10.2. The molecular weight excluding hydrogens is 398 g/mol. The smallest absolute Gasteiger partial charge is 0.435 e. The molecule has 2 N–H and O–H groups in total. The fraction of sp³-hybridized carbons (Fsp3) is 0.429. The van der Waals surface area contributed by atoms with Crippen LogP contribution < -0.4 is 10.6 Å². The maximum atomic E-state index is 12.2. The van der Waals surface area contributed by atoms with Crippen molar-refractivity contribution in [3.05, 3.63) is 30.7 Å². The maximum Gasteiger partial charge on any atom is 0.435 e. The highest BCUT2D eigenvalue weighted by Gasteiger charge is 2.19. The van der Waals surface area contributed by atoms with Gasteiger partial charge in [0.15, 0.2) is 5.65 Å². The van der Waals surface area contributed by atoms with E-state index in [9.17, 15) is 9.59 Å². The van der Waals surface area contributed by atoms with Crippen LogP contribution in [0, 0.1) is 0 Å². The average Bonchev–Trinajstić information content (AvgIpc) is 3.20. The topological polar surface area (TPSA) is 124 Å². The van der Waals surface area contributed by atoms with E-state index in [1.807, 2.05) is 0 Å². The highest BCUT2D eigenvalue weighted by atomic mass is 16.6. The van der Waals surface area contributed by atoms with Gasteiger partial charge in [-0.15, -0.1) is 0 Å². The van der Waals surface area contributed by atoms with Crippen molar-refractivity contribution in [1.29, 1.82) is 0 Å². The van der Waals surface area contributed by atoms with E-state index in [2.05, 4.69) is 37.6 Å². The number of amides is 2. The fourth-order valence-electron chi connectivity index (χ4n) is 2.71. The molecule has 10 nitrogen and oxygen atoms in total. The van der Waals surface area contributed by atoms with Crippen LogP contribution in [0.25, 0.3) is 22.4 Å². The van der Waals surface area contributed by atoms with Crippen LogP contribution in [0.2, 0.25) is 0 Å². The largest absolute Gasteiger partial charge is 0.442 e. The molecule has 3 heterocycles. The van der Waals surface area contributed by atoms with Crippen LogP contribution in [0.3, 0.4) is 0 Å². The van der Waals surface area contributed by atoms with Crippen molar-refractivity contribution in [1.82, 2.24) is 30.0 Å². The van der Waals surface area contributed by atoms with Crippen molar-refractivity contribution in [2.45, 2.75) is 52.6 Å². The number of unbranched alkanes of at least 4 members (excludes halogenated alkanes) is 2. The summed E-state index contributed by atoms with van der Waals surface area (Å²) in [6.45, 7) is 8.07. The quantitative estimate of drug-likeness (QED) is 0.572. The Labute approximate surface area is 180 Å². The molecule has 10 heteroatoms. The number of rotatable bonds is 6. The van der Waals surface area contributed by atoms with Crippen molar-refractivity contribution < 1.29 is 14.3 Å². The molecule has 31 heavy (non-hydrogen) atoms. The monoisotopic (exact) mass is 425 g/mol. The Kier molecular flexibility index (Phi) is 6.78. The number of nitrogens with one attached hydrogen (secondary N) is 2. The minimum atomic E-state index is -0.623. The molecule has 0 radical (unpaired) electrons. The Hall–Kier alpha value is -3.56. The number of hydrogen-bond donors (Lipinski definition) is 2. The van der Waals surface area contributed by atoms with E-state index in [1.54, 1.807) is 39.1 Å². The van der Waals surface area contributed by atoms with Crippen LogP contribution in [0.4, 0.5) is 15.4 Å². The first kappa shape index (κ1) is 22.1. The number of urea groups is 1. The van der Waals surface area contributed by atoms with Crippen molar-refractivity contribution in [2.24, 2.45) is 0 Å². The Morgan fingerprint density at radius 1 is 1.13 bits per heavy atom. The zero-order chi connectivity index (χ0) is 22.4. The van der Waals surface area contributed by atoms with Gasteiger partial charge >= 0.3 is 12.1 Å². The third-order valence-corrected chi connectivity index (χ3v) is 4.17. The van der Waals surface area contributed by atoms with E-state index in [4.69, 9.17) is 4.74 Å². The molecular formula is C21H27N7O3. The summed E-state index contributed by atoms with van der Waals surface area (Å²) in [5.41, 5.74) is 1.41. The molecule has 0 aliphatic carbocycles. The number of aromatic nitrogens is 5. The van der Waals surface area contributed by atoms with Gasteiger partial charge in [-0.05, 0) is 39.3 Å². The van der Waals surface area contributed by atoms with Gasteiger partial charge < -0.3 is 10.1 Å². The lowest BCUT2D eigenvalue weighted by Crippen LogP contribution is -2.29. The Balaban J connectivity index is 1.73. The SMILES string of the molecule is CCCCCNC(=O)Nc1ccc2ncc(-c3cnn(C(=O)OC(C)(C)C)c3)nc2n1. The van der Waals surface area contributed by atoms with E-state index >= 15 is 0 Å². The molecule has 3 aromatic heterocycles. The van der Waals surface area contributed by atoms with Crippen molar-refractivity contribution in [3.63, 3.8) is 0 Å². The van der Waals surface area contributed by atoms with Gasteiger partial charge in [-0.2, -0.15) is 9.78 Å². The van der Waals surface area contributed by atoms with Gasteiger partial charge in [-0.25, -0.2) is 19.6 Å². The van der Waals surface area contributed by atoms with Crippen molar-refractivity contribution in [3.8, 4) is 11.3 Å². The summed E-state index contributed by atoms with van der Waals surface area (Å²) in [6.07, 6.45) is 7.11. The number of carbonyl (C=O) groups excluding carboxylic acids is 2. The minimum absolute atomic E-state index is 0.314. The summed E-state index contributed by atoms with van der Waals surface area (Å²) in [5, 5.41) is 9.55. The number of nitrogens with zero attached hydrogens (tertiary/aromatic N) is 5. The molecule has 0 aromatic carbocycles.